The minimum Gasteiger partial charge on any atom is -0.469 e. The summed E-state index contributed by atoms with van der Waals surface area (Å²) in [5, 5.41) is 11.4. The van der Waals surface area contributed by atoms with Gasteiger partial charge >= 0.3 is 11.9 Å². The number of ether oxygens (including phenoxy) is 2. The Labute approximate surface area is 282 Å². The van der Waals surface area contributed by atoms with Crippen LogP contribution in [0.15, 0.2) is 5.38 Å². The van der Waals surface area contributed by atoms with Crippen LogP contribution in [-0.4, -0.2) is 84.9 Å². The summed E-state index contributed by atoms with van der Waals surface area (Å²) < 4.78 is 10.7. The molecule has 262 valence electrons. The first kappa shape index (κ1) is 36.8. The van der Waals surface area contributed by atoms with Gasteiger partial charge in [-0.3, -0.25) is 24.0 Å². The molecule has 0 unspecified atom stereocenters. The van der Waals surface area contributed by atoms with E-state index in [2.05, 4.69) is 20.9 Å². The van der Waals surface area contributed by atoms with Gasteiger partial charge in [0.15, 0.2) is 6.10 Å². The van der Waals surface area contributed by atoms with E-state index in [4.69, 9.17) is 9.47 Å². The lowest BCUT2D eigenvalue weighted by atomic mass is 9.33. The predicted molar refractivity (Wildman–Crippen MR) is 177 cm³/mol. The quantitative estimate of drug-likeness (QED) is 0.156. The molecule has 0 aromatic carbocycles. The first-order chi connectivity index (χ1) is 22.2. The first-order valence-electron chi connectivity index (χ1n) is 16.9. The van der Waals surface area contributed by atoms with Crippen LogP contribution in [0, 0.1) is 29.1 Å². The molecule has 4 aliphatic carbocycles. The van der Waals surface area contributed by atoms with Crippen LogP contribution in [0.1, 0.15) is 108 Å². The average molecular weight is 676 g/mol. The SMILES string of the molecule is CNCCCC[C@@H](C)C(=O)N[C@H](C(=O)N(C)[C@H](C[C@@H](OC(C)=O)c1nc(C(=O)NC23CC(C(=O)OC)(C2)[C@@H]3C)cs1)C(C)C)C1CC1. The number of unbranched alkanes of at least 4 members (excludes halogenated alkanes) is 1. The van der Waals surface area contributed by atoms with E-state index < -0.39 is 29.1 Å². The number of rotatable bonds is 18. The van der Waals surface area contributed by atoms with Crippen molar-refractivity contribution in [1.82, 2.24) is 25.8 Å². The van der Waals surface area contributed by atoms with Crippen molar-refractivity contribution >= 4 is 41.0 Å². The van der Waals surface area contributed by atoms with Gasteiger partial charge in [-0.05, 0) is 69.9 Å². The lowest BCUT2D eigenvalue weighted by Crippen LogP contribution is -2.83. The number of hydrogen-bond acceptors (Lipinski definition) is 10. The summed E-state index contributed by atoms with van der Waals surface area (Å²) in [6.45, 7) is 10.1. The van der Waals surface area contributed by atoms with E-state index in [0.717, 1.165) is 38.6 Å². The van der Waals surface area contributed by atoms with Crippen molar-refractivity contribution in [2.24, 2.45) is 29.1 Å². The molecule has 3 amide bonds. The second kappa shape index (κ2) is 15.0. The average Bonchev–Trinajstić information content (AvgIpc) is 3.74. The van der Waals surface area contributed by atoms with Gasteiger partial charge in [-0.2, -0.15) is 0 Å². The normalized spacial score (nSPS) is 25.3. The monoisotopic (exact) mass is 675 g/mol. The number of aromatic nitrogens is 1. The molecule has 1 aromatic heterocycles. The van der Waals surface area contributed by atoms with Crippen molar-refractivity contribution in [1.29, 1.82) is 0 Å². The third-order valence-electron chi connectivity index (χ3n) is 10.7. The summed E-state index contributed by atoms with van der Waals surface area (Å²) in [6, 6.07) is -0.935. The van der Waals surface area contributed by atoms with Gasteiger partial charge in [0.2, 0.25) is 11.8 Å². The maximum absolute atomic E-state index is 13.9. The number of carbonyl (C=O) groups is 5. The molecular formula is C34H53N5O7S. The van der Waals surface area contributed by atoms with Crippen LogP contribution in [0.5, 0.6) is 0 Å². The highest BCUT2D eigenvalue weighted by Gasteiger charge is 2.78. The Morgan fingerprint density at radius 1 is 1.13 bits per heavy atom. The number of nitrogens with zero attached hydrogens (tertiary/aromatic N) is 2. The summed E-state index contributed by atoms with van der Waals surface area (Å²) in [6.07, 6.45) is 5.05. The van der Waals surface area contributed by atoms with Gasteiger partial charge in [0.05, 0.1) is 12.5 Å². The maximum atomic E-state index is 13.9. The molecule has 1 aromatic rings. The topological polar surface area (TPSA) is 156 Å². The Bertz CT molecular complexity index is 1320. The highest BCUT2D eigenvalue weighted by Crippen LogP contribution is 2.71. The van der Waals surface area contributed by atoms with E-state index in [-0.39, 0.29) is 65.5 Å². The van der Waals surface area contributed by atoms with Crippen LogP contribution in [0.4, 0.5) is 0 Å². The molecule has 4 fully saturated rings. The third kappa shape index (κ3) is 7.82. The van der Waals surface area contributed by atoms with Crippen LogP contribution in [0.3, 0.4) is 0 Å². The van der Waals surface area contributed by atoms with Crippen LogP contribution in [0.25, 0.3) is 0 Å². The minimum atomic E-state index is -0.773. The molecule has 1 heterocycles. The van der Waals surface area contributed by atoms with Crippen molar-refractivity contribution in [2.75, 3.05) is 27.7 Å². The molecule has 4 aliphatic rings. The van der Waals surface area contributed by atoms with Gasteiger partial charge in [-0.25, -0.2) is 4.98 Å². The summed E-state index contributed by atoms with van der Waals surface area (Å²) >= 11 is 1.23. The van der Waals surface area contributed by atoms with E-state index >= 15 is 0 Å². The molecule has 0 saturated heterocycles. The fraction of sp³-hybridized carbons (Fsp3) is 0.765. The molecule has 4 saturated carbocycles. The standard InChI is InChI=1S/C34H53N5O7S/c1-19(2)25(39(7)31(43)27(23-12-13-23)37-28(41)20(3)11-9-10-14-35-6)15-26(46-22(5)40)30-36-24(16-47-30)29(42)38-34-17-33(18-34,21(34)4)32(44)45-8/h16,19-21,23,25-27,35H,9-15,17-18H2,1-8H3,(H,37,41)(H,38,42)/t20-,21+,25-,26-,27+,33?,34?/m1/s1. The van der Waals surface area contributed by atoms with Gasteiger partial charge in [0.1, 0.15) is 16.7 Å². The molecule has 2 bridgehead atoms. The van der Waals surface area contributed by atoms with E-state index in [1.54, 1.807) is 17.3 Å². The van der Waals surface area contributed by atoms with Gasteiger partial charge < -0.3 is 30.3 Å². The van der Waals surface area contributed by atoms with Crippen molar-refractivity contribution < 1.29 is 33.4 Å². The second-order valence-electron chi connectivity index (χ2n) is 14.3. The molecule has 5 rings (SSSR count). The Morgan fingerprint density at radius 3 is 2.36 bits per heavy atom. The van der Waals surface area contributed by atoms with Crippen LogP contribution >= 0.6 is 11.3 Å². The molecule has 13 heteroatoms. The molecule has 0 spiro atoms. The highest BCUT2D eigenvalue weighted by molar-refractivity contribution is 7.09. The number of likely N-dealkylation sites (N-methyl/N-ethyl adjacent to an activating group) is 1. The molecule has 3 N–H and O–H groups in total. The number of amides is 3. The zero-order chi connectivity index (χ0) is 34.7. The summed E-state index contributed by atoms with van der Waals surface area (Å²) in [4.78, 5) is 71.0. The van der Waals surface area contributed by atoms with E-state index in [9.17, 15) is 24.0 Å². The zero-order valence-electron chi connectivity index (χ0n) is 29.1. The summed E-state index contributed by atoms with van der Waals surface area (Å²) in [7, 11) is 5.04. The molecular weight excluding hydrogens is 622 g/mol. The number of thiazole rings is 1. The third-order valence-corrected chi connectivity index (χ3v) is 11.6. The van der Waals surface area contributed by atoms with Crippen molar-refractivity contribution in [2.45, 2.75) is 110 Å². The Hall–Kier alpha value is -3.06. The number of esters is 2. The zero-order valence-corrected chi connectivity index (χ0v) is 30.0. The highest BCUT2D eigenvalue weighted by atomic mass is 32.1. The first-order valence-corrected chi connectivity index (χ1v) is 17.8. The lowest BCUT2D eigenvalue weighted by molar-refractivity contribution is -0.232. The molecule has 0 aliphatic heterocycles. The molecule has 12 nitrogen and oxygen atoms in total. The van der Waals surface area contributed by atoms with Crippen LogP contribution < -0.4 is 16.0 Å². The predicted octanol–water partition coefficient (Wildman–Crippen LogP) is 3.61. The van der Waals surface area contributed by atoms with Gasteiger partial charge in [0, 0.05) is 43.3 Å². The Kier molecular flexibility index (Phi) is 11.7. The number of carbonyl (C=O) groups excluding carboxylic acids is 5. The Morgan fingerprint density at radius 2 is 1.81 bits per heavy atom. The van der Waals surface area contributed by atoms with Crippen LogP contribution in [0.2, 0.25) is 0 Å². The molecule has 47 heavy (non-hydrogen) atoms. The second-order valence-corrected chi connectivity index (χ2v) is 15.2. The fourth-order valence-corrected chi connectivity index (χ4v) is 8.21. The number of methoxy groups -OCH3 is 1. The van der Waals surface area contributed by atoms with E-state index in [1.807, 2.05) is 34.7 Å². The van der Waals surface area contributed by atoms with Crippen molar-refractivity contribution in [3.05, 3.63) is 16.1 Å². The number of nitrogens with one attached hydrogen (secondary N) is 3. The van der Waals surface area contributed by atoms with Crippen LogP contribution in [-0.2, 0) is 28.7 Å². The largest absolute Gasteiger partial charge is 0.469 e. The van der Waals surface area contributed by atoms with E-state index in [1.165, 1.54) is 25.4 Å². The Balaban J connectivity index is 1.42. The number of hydrogen-bond donors (Lipinski definition) is 3. The maximum Gasteiger partial charge on any atom is 0.312 e. The molecule has 0 radical (unpaired) electrons. The van der Waals surface area contributed by atoms with Crippen molar-refractivity contribution in [3.63, 3.8) is 0 Å². The van der Waals surface area contributed by atoms with Gasteiger partial charge in [0.25, 0.3) is 5.91 Å². The fourth-order valence-electron chi connectivity index (χ4n) is 7.37. The van der Waals surface area contributed by atoms with Gasteiger partial charge in [-0.15, -0.1) is 11.3 Å². The minimum absolute atomic E-state index is 0.000657. The molecule has 5 atom stereocenters. The lowest BCUT2D eigenvalue weighted by Gasteiger charge is -2.73. The summed E-state index contributed by atoms with van der Waals surface area (Å²) in [5.41, 5.74) is -0.751. The van der Waals surface area contributed by atoms with E-state index in [0.29, 0.717) is 17.8 Å². The summed E-state index contributed by atoms with van der Waals surface area (Å²) in [5.74, 6) is -1.44. The van der Waals surface area contributed by atoms with Gasteiger partial charge in [-0.1, -0.05) is 34.1 Å². The van der Waals surface area contributed by atoms with Crippen molar-refractivity contribution in [3.8, 4) is 0 Å². The smallest absolute Gasteiger partial charge is 0.312 e.